The number of aryl methyl sites for hydroxylation is 1. The summed E-state index contributed by atoms with van der Waals surface area (Å²) in [6.45, 7) is 2.57. The van der Waals surface area contributed by atoms with Gasteiger partial charge in [0, 0.05) is 41.9 Å². The normalized spacial score (nSPS) is 10.9. The third kappa shape index (κ3) is 3.48. The largest absolute Gasteiger partial charge is 0.399 e. The summed E-state index contributed by atoms with van der Waals surface area (Å²) in [5.74, 6) is 0. The maximum atomic E-state index is 12.0. The van der Waals surface area contributed by atoms with Crippen LogP contribution in [0.1, 0.15) is 11.3 Å². The number of nitrogen functional groups attached to an aromatic ring is 1. The number of anilines is 1. The first-order chi connectivity index (χ1) is 13.5. The van der Waals surface area contributed by atoms with Crippen molar-refractivity contribution in [2.24, 2.45) is 0 Å². The van der Waals surface area contributed by atoms with E-state index in [2.05, 4.69) is 24.7 Å². The minimum atomic E-state index is -0.561. The summed E-state index contributed by atoms with van der Waals surface area (Å²) in [6.07, 6.45) is 5.34. The van der Waals surface area contributed by atoms with Crippen LogP contribution in [0.4, 0.5) is 5.69 Å². The van der Waals surface area contributed by atoms with Gasteiger partial charge in [-0.1, -0.05) is 12.1 Å². The summed E-state index contributed by atoms with van der Waals surface area (Å²) < 4.78 is 2.06. The van der Waals surface area contributed by atoms with Gasteiger partial charge in [0.05, 0.1) is 11.3 Å². The number of rotatable bonds is 4. The summed E-state index contributed by atoms with van der Waals surface area (Å²) in [5.41, 5.74) is 9.77. The third-order valence-corrected chi connectivity index (χ3v) is 4.48. The van der Waals surface area contributed by atoms with Gasteiger partial charge in [0.15, 0.2) is 0 Å². The van der Waals surface area contributed by atoms with Crippen molar-refractivity contribution >= 4 is 5.69 Å². The molecule has 0 bridgehead atoms. The zero-order valence-electron chi connectivity index (χ0n) is 15.1. The van der Waals surface area contributed by atoms with E-state index in [-0.39, 0.29) is 5.56 Å². The maximum absolute atomic E-state index is 12.0. The number of nitrogens with zero attached hydrogens (tertiary/aromatic N) is 3. The van der Waals surface area contributed by atoms with E-state index < -0.39 is 11.2 Å². The molecule has 3 heterocycles. The van der Waals surface area contributed by atoms with Gasteiger partial charge in [-0.05, 0) is 36.8 Å². The minimum Gasteiger partial charge on any atom is -0.399 e. The van der Waals surface area contributed by atoms with Crippen LogP contribution in [0.5, 0.6) is 0 Å². The Labute approximate surface area is 159 Å². The van der Waals surface area contributed by atoms with E-state index in [0.29, 0.717) is 12.2 Å². The van der Waals surface area contributed by atoms with E-state index in [0.717, 1.165) is 28.1 Å². The average Bonchev–Trinajstić information content (AvgIpc) is 3.13. The maximum Gasteiger partial charge on any atom is 0.325 e. The quantitative estimate of drug-likeness (QED) is 0.471. The standard InChI is InChI=1S/C20H18N6O2/c1-12-16(8-18(25-24-12)17-9-22-20(28)23-19(17)27)14-6-7-26(11-14)10-13-2-4-15(21)5-3-13/h2-9,11H,10,21H2,1H3,(H2,22,23,27,28). The Bertz CT molecular complexity index is 1250. The van der Waals surface area contributed by atoms with Crippen LogP contribution in [0.2, 0.25) is 0 Å². The number of nitrogens with two attached hydrogens (primary N) is 1. The van der Waals surface area contributed by atoms with Crippen LogP contribution in [0.25, 0.3) is 22.4 Å². The zero-order chi connectivity index (χ0) is 19.7. The van der Waals surface area contributed by atoms with E-state index >= 15 is 0 Å². The van der Waals surface area contributed by atoms with Gasteiger partial charge in [-0.2, -0.15) is 5.10 Å². The Morgan fingerprint density at radius 1 is 1.07 bits per heavy atom. The molecule has 140 valence electrons. The number of hydrogen-bond acceptors (Lipinski definition) is 5. The summed E-state index contributed by atoms with van der Waals surface area (Å²) in [4.78, 5) is 27.9. The van der Waals surface area contributed by atoms with Gasteiger partial charge in [-0.3, -0.25) is 9.78 Å². The van der Waals surface area contributed by atoms with E-state index in [9.17, 15) is 9.59 Å². The number of H-pyrrole nitrogens is 2. The molecule has 0 spiro atoms. The lowest BCUT2D eigenvalue weighted by Crippen LogP contribution is -2.22. The van der Waals surface area contributed by atoms with Gasteiger partial charge >= 0.3 is 5.69 Å². The fourth-order valence-corrected chi connectivity index (χ4v) is 3.01. The molecule has 0 aliphatic heterocycles. The van der Waals surface area contributed by atoms with Crippen molar-refractivity contribution in [3.05, 3.63) is 87.1 Å². The molecule has 8 nitrogen and oxygen atoms in total. The highest BCUT2D eigenvalue weighted by Crippen LogP contribution is 2.25. The van der Waals surface area contributed by atoms with Crippen molar-refractivity contribution < 1.29 is 0 Å². The lowest BCUT2D eigenvalue weighted by Gasteiger charge is -2.06. The number of benzene rings is 1. The summed E-state index contributed by atoms with van der Waals surface area (Å²) in [7, 11) is 0. The SMILES string of the molecule is Cc1nnc(-c2c[nH]c(=O)[nH]c2=O)cc1-c1ccn(Cc2ccc(N)cc2)c1. The summed E-state index contributed by atoms with van der Waals surface area (Å²) >= 11 is 0. The number of hydrogen-bond donors (Lipinski definition) is 3. The van der Waals surface area contributed by atoms with Crippen molar-refractivity contribution in [2.75, 3.05) is 5.73 Å². The van der Waals surface area contributed by atoms with E-state index in [1.807, 2.05) is 49.6 Å². The fraction of sp³-hybridized carbons (Fsp3) is 0.100. The molecule has 4 aromatic rings. The zero-order valence-corrected chi connectivity index (χ0v) is 15.1. The molecular weight excluding hydrogens is 356 g/mol. The summed E-state index contributed by atoms with van der Waals surface area (Å²) in [6, 6.07) is 11.5. The Kier molecular flexibility index (Phi) is 4.36. The van der Waals surface area contributed by atoms with Gasteiger partial charge < -0.3 is 15.3 Å². The first-order valence-electron chi connectivity index (χ1n) is 8.67. The highest BCUT2D eigenvalue weighted by atomic mass is 16.2. The lowest BCUT2D eigenvalue weighted by molar-refractivity contribution is 0.807. The van der Waals surface area contributed by atoms with Crippen molar-refractivity contribution in [3.63, 3.8) is 0 Å². The Hall–Kier alpha value is -3.94. The number of aromatic nitrogens is 5. The van der Waals surface area contributed by atoms with Crippen molar-refractivity contribution in [1.29, 1.82) is 0 Å². The van der Waals surface area contributed by atoms with Crippen molar-refractivity contribution in [1.82, 2.24) is 24.7 Å². The van der Waals surface area contributed by atoms with Crippen LogP contribution in [0.3, 0.4) is 0 Å². The third-order valence-electron chi connectivity index (χ3n) is 4.48. The average molecular weight is 374 g/mol. The van der Waals surface area contributed by atoms with Gasteiger partial charge in [-0.15, -0.1) is 5.10 Å². The predicted octanol–water partition coefficient (Wildman–Crippen LogP) is 1.93. The molecule has 4 rings (SSSR count). The van der Waals surface area contributed by atoms with E-state index in [1.54, 1.807) is 6.07 Å². The van der Waals surface area contributed by atoms with Crippen molar-refractivity contribution in [3.8, 4) is 22.4 Å². The van der Waals surface area contributed by atoms with Gasteiger partial charge in [0.1, 0.15) is 5.69 Å². The predicted molar refractivity (Wildman–Crippen MR) is 107 cm³/mol. The van der Waals surface area contributed by atoms with Crippen LogP contribution in [0, 0.1) is 6.92 Å². The lowest BCUT2D eigenvalue weighted by atomic mass is 10.1. The second-order valence-corrected chi connectivity index (χ2v) is 6.53. The molecule has 0 saturated carbocycles. The van der Waals surface area contributed by atoms with Crippen LogP contribution in [-0.2, 0) is 6.54 Å². The molecule has 0 aliphatic carbocycles. The molecule has 0 unspecified atom stereocenters. The van der Waals surface area contributed by atoms with Gasteiger partial charge in [-0.25, -0.2) is 4.79 Å². The summed E-state index contributed by atoms with van der Waals surface area (Å²) in [5, 5.41) is 8.28. The smallest absolute Gasteiger partial charge is 0.325 e. The second kappa shape index (κ2) is 6.99. The van der Waals surface area contributed by atoms with Gasteiger partial charge in [0.25, 0.3) is 5.56 Å². The van der Waals surface area contributed by atoms with Crippen LogP contribution in [0.15, 0.2) is 64.6 Å². The second-order valence-electron chi connectivity index (χ2n) is 6.53. The molecule has 0 atom stereocenters. The molecule has 0 saturated heterocycles. The number of nitrogens with one attached hydrogen (secondary N) is 2. The molecule has 4 N–H and O–H groups in total. The Balaban J connectivity index is 1.68. The molecule has 1 aromatic carbocycles. The topological polar surface area (TPSA) is 122 Å². The highest BCUT2D eigenvalue weighted by molar-refractivity contribution is 5.70. The van der Waals surface area contributed by atoms with Crippen LogP contribution < -0.4 is 17.0 Å². The molecule has 0 radical (unpaired) electrons. The number of aromatic amines is 2. The molecule has 0 fully saturated rings. The Morgan fingerprint density at radius 3 is 2.61 bits per heavy atom. The molecule has 8 heteroatoms. The van der Waals surface area contributed by atoms with E-state index in [1.165, 1.54) is 6.20 Å². The first kappa shape index (κ1) is 17.5. The van der Waals surface area contributed by atoms with E-state index in [4.69, 9.17) is 5.73 Å². The van der Waals surface area contributed by atoms with Crippen LogP contribution >= 0.6 is 0 Å². The molecule has 28 heavy (non-hydrogen) atoms. The molecular formula is C20H18N6O2. The minimum absolute atomic E-state index is 0.259. The van der Waals surface area contributed by atoms with Crippen LogP contribution in [-0.4, -0.2) is 24.7 Å². The van der Waals surface area contributed by atoms with Gasteiger partial charge in [0.2, 0.25) is 0 Å². The fourth-order valence-electron chi connectivity index (χ4n) is 3.01. The highest BCUT2D eigenvalue weighted by Gasteiger charge is 2.12. The monoisotopic (exact) mass is 374 g/mol. The van der Waals surface area contributed by atoms with Crippen molar-refractivity contribution in [2.45, 2.75) is 13.5 Å². The molecule has 0 amide bonds. The molecule has 3 aromatic heterocycles. The Morgan fingerprint density at radius 2 is 1.86 bits per heavy atom. The molecule has 0 aliphatic rings. The first-order valence-corrected chi connectivity index (χ1v) is 8.67.